The van der Waals surface area contributed by atoms with Gasteiger partial charge in [0.15, 0.2) is 0 Å². The van der Waals surface area contributed by atoms with Gasteiger partial charge in [0.1, 0.15) is 6.04 Å². The molecule has 0 saturated carbocycles. The summed E-state index contributed by atoms with van der Waals surface area (Å²) in [7, 11) is 0. The van der Waals surface area contributed by atoms with Crippen molar-refractivity contribution in [3.8, 4) is 0 Å². The van der Waals surface area contributed by atoms with E-state index in [4.69, 9.17) is 23.2 Å². The van der Waals surface area contributed by atoms with Crippen LogP contribution in [0.15, 0.2) is 42.5 Å². The molecular formula is C25H32Cl2N2O2. The average molecular weight is 463 g/mol. The quantitative estimate of drug-likeness (QED) is 0.418. The maximum absolute atomic E-state index is 13.3. The summed E-state index contributed by atoms with van der Waals surface area (Å²) in [6.07, 6.45) is 3.32. The van der Waals surface area contributed by atoms with Crippen molar-refractivity contribution in [2.24, 2.45) is 0 Å². The summed E-state index contributed by atoms with van der Waals surface area (Å²) in [6.45, 7) is 6.82. The SMILES string of the molecule is CCCCNC(=O)[C@H](CC)N(Cc1c(Cl)cccc1Cl)C(=O)CCc1ccc(C)cc1. The van der Waals surface area contributed by atoms with Crippen molar-refractivity contribution < 1.29 is 9.59 Å². The Morgan fingerprint density at radius 3 is 2.26 bits per heavy atom. The van der Waals surface area contributed by atoms with Crippen LogP contribution in [0.5, 0.6) is 0 Å². The number of aryl methyl sites for hydroxylation is 2. The van der Waals surface area contributed by atoms with Crippen LogP contribution >= 0.6 is 23.2 Å². The van der Waals surface area contributed by atoms with Crippen LogP contribution < -0.4 is 5.32 Å². The number of halogens is 2. The van der Waals surface area contributed by atoms with E-state index in [1.165, 1.54) is 5.56 Å². The minimum atomic E-state index is -0.574. The number of nitrogens with one attached hydrogen (secondary N) is 1. The largest absolute Gasteiger partial charge is 0.354 e. The molecule has 0 saturated heterocycles. The number of benzene rings is 2. The standard InChI is InChI=1S/C25H32Cl2N2O2/c1-4-6-16-28-25(31)23(5-2)29(17-20-21(26)8-7-9-22(20)27)24(30)15-14-19-12-10-18(3)11-13-19/h7-13,23H,4-6,14-17H2,1-3H3,(H,28,31)/t23-/m0/s1. The van der Waals surface area contributed by atoms with E-state index in [9.17, 15) is 9.59 Å². The lowest BCUT2D eigenvalue weighted by Crippen LogP contribution is -2.49. The first kappa shape index (κ1) is 25.2. The molecule has 0 spiro atoms. The molecule has 0 fully saturated rings. The Morgan fingerprint density at radius 2 is 1.68 bits per heavy atom. The molecule has 0 bridgehead atoms. The molecule has 2 aromatic carbocycles. The van der Waals surface area contributed by atoms with Gasteiger partial charge in [-0.1, -0.05) is 79.4 Å². The van der Waals surface area contributed by atoms with Gasteiger partial charge in [0.25, 0.3) is 0 Å². The summed E-state index contributed by atoms with van der Waals surface area (Å²) in [5, 5.41) is 3.95. The molecule has 6 heteroatoms. The van der Waals surface area contributed by atoms with Gasteiger partial charge in [0.2, 0.25) is 11.8 Å². The van der Waals surface area contributed by atoms with Crippen LogP contribution in [0.3, 0.4) is 0 Å². The summed E-state index contributed by atoms with van der Waals surface area (Å²) in [4.78, 5) is 27.8. The molecule has 4 nitrogen and oxygen atoms in total. The van der Waals surface area contributed by atoms with Gasteiger partial charge in [-0.3, -0.25) is 9.59 Å². The fraction of sp³-hybridized carbons (Fsp3) is 0.440. The molecular weight excluding hydrogens is 431 g/mol. The zero-order valence-corrected chi connectivity index (χ0v) is 20.1. The zero-order valence-electron chi connectivity index (χ0n) is 18.6. The first-order valence-corrected chi connectivity index (χ1v) is 11.7. The predicted molar refractivity (Wildman–Crippen MR) is 129 cm³/mol. The van der Waals surface area contributed by atoms with Gasteiger partial charge in [-0.25, -0.2) is 0 Å². The van der Waals surface area contributed by atoms with E-state index in [1.807, 2.05) is 38.1 Å². The van der Waals surface area contributed by atoms with Crippen molar-refractivity contribution in [1.29, 1.82) is 0 Å². The maximum Gasteiger partial charge on any atom is 0.242 e. The highest BCUT2D eigenvalue weighted by atomic mass is 35.5. The van der Waals surface area contributed by atoms with E-state index in [2.05, 4.69) is 12.2 Å². The second-order valence-electron chi connectivity index (χ2n) is 7.78. The van der Waals surface area contributed by atoms with Crippen molar-refractivity contribution in [3.63, 3.8) is 0 Å². The lowest BCUT2D eigenvalue weighted by molar-refractivity contribution is -0.141. The number of amides is 2. The fourth-order valence-electron chi connectivity index (χ4n) is 3.43. The highest BCUT2D eigenvalue weighted by molar-refractivity contribution is 6.36. The van der Waals surface area contributed by atoms with Gasteiger partial charge in [0, 0.05) is 35.1 Å². The average Bonchev–Trinajstić information content (AvgIpc) is 2.75. The van der Waals surface area contributed by atoms with Gasteiger partial charge in [0.05, 0.1) is 0 Å². The number of nitrogens with zero attached hydrogens (tertiary/aromatic N) is 1. The van der Waals surface area contributed by atoms with Gasteiger partial charge >= 0.3 is 0 Å². The van der Waals surface area contributed by atoms with E-state index in [0.717, 1.165) is 18.4 Å². The molecule has 2 rings (SSSR count). The van der Waals surface area contributed by atoms with Crippen molar-refractivity contribution >= 4 is 35.0 Å². The van der Waals surface area contributed by atoms with Gasteiger partial charge in [-0.15, -0.1) is 0 Å². The highest BCUT2D eigenvalue weighted by Crippen LogP contribution is 2.27. The summed E-state index contributed by atoms with van der Waals surface area (Å²) < 4.78 is 0. The molecule has 0 aliphatic carbocycles. The van der Waals surface area contributed by atoms with Crippen molar-refractivity contribution in [2.45, 2.75) is 65.5 Å². The molecule has 1 N–H and O–H groups in total. The predicted octanol–water partition coefficient (Wildman–Crippen LogP) is 5.96. The van der Waals surface area contributed by atoms with E-state index >= 15 is 0 Å². The number of carbonyl (C=O) groups excluding carboxylic acids is 2. The molecule has 0 heterocycles. The van der Waals surface area contributed by atoms with Crippen molar-refractivity contribution in [1.82, 2.24) is 10.2 Å². The number of hydrogen-bond donors (Lipinski definition) is 1. The first-order valence-electron chi connectivity index (χ1n) is 10.9. The summed E-state index contributed by atoms with van der Waals surface area (Å²) >= 11 is 12.7. The Balaban J connectivity index is 2.23. The third kappa shape index (κ3) is 7.55. The number of carbonyl (C=O) groups is 2. The monoisotopic (exact) mass is 462 g/mol. The third-order valence-electron chi connectivity index (χ3n) is 5.35. The Bertz CT molecular complexity index is 848. The van der Waals surface area contributed by atoms with E-state index < -0.39 is 6.04 Å². The Morgan fingerprint density at radius 1 is 1.03 bits per heavy atom. The first-order chi connectivity index (χ1) is 14.9. The molecule has 168 valence electrons. The lowest BCUT2D eigenvalue weighted by atomic mass is 10.0. The molecule has 0 aromatic heterocycles. The summed E-state index contributed by atoms with van der Waals surface area (Å²) in [5.41, 5.74) is 2.93. The fourth-order valence-corrected chi connectivity index (χ4v) is 3.95. The van der Waals surface area contributed by atoms with Crippen LogP contribution in [0.25, 0.3) is 0 Å². The molecule has 0 unspecified atom stereocenters. The molecule has 0 aliphatic heterocycles. The van der Waals surface area contributed by atoms with Crippen LogP contribution in [-0.2, 0) is 22.6 Å². The van der Waals surface area contributed by atoms with Gasteiger partial charge < -0.3 is 10.2 Å². The lowest BCUT2D eigenvalue weighted by Gasteiger charge is -2.31. The molecule has 2 amide bonds. The Kier molecular flexibility index (Phi) is 10.4. The van der Waals surface area contributed by atoms with Crippen LogP contribution in [-0.4, -0.2) is 29.3 Å². The van der Waals surface area contributed by atoms with E-state index in [0.29, 0.717) is 41.4 Å². The van der Waals surface area contributed by atoms with E-state index in [-0.39, 0.29) is 18.4 Å². The van der Waals surface area contributed by atoms with Crippen LogP contribution in [0.2, 0.25) is 10.0 Å². The molecule has 2 aromatic rings. The number of rotatable bonds is 11. The molecule has 0 radical (unpaired) electrons. The molecule has 1 atom stereocenters. The smallest absolute Gasteiger partial charge is 0.242 e. The third-order valence-corrected chi connectivity index (χ3v) is 6.06. The zero-order chi connectivity index (χ0) is 22.8. The summed E-state index contributed by atoms with van der Waals surface area (Å²) in [5.74, 6) is -0.225. The Hall–Kier alpha value is -2.04. The minimum absolute atomic E-state index is 0.0888. The van der Waals surface area contributed by atoms with Crippen LogP contribution in [0.1, 0.15) is 56.2 Å². The van der Waals surface area contributed by atoms with Crippen molar-refractivity contribution in [3.05, 3.63) is 69.2 Å². The van der Waals surface area contributed by atoms with Crippen LogP contribution in [0.4, 0.5) is 0 Å². The minimum Gasteiger partial charge on any atom is -0.354 e. The molecule has 0 aliphatic rings. The number of hydrogen-bond acceptors (Lipinski definition) is 2. The topological polar surface area (TPSA) is 49.4 Å². The van der Waals surface area contributed by atoms with Gasteiger partial charge in [-0.2, -0.15) is 0 Å². The second kappa shape index (κ2) is 12.7. The van der Waals surface area contributed by atoms with E-state index in [1.54, 1.807) is 23.1 Å². The second-order valence-corrected chi connectivity index (χ2v) is 8.59. The summed E-state index contributed by atoms with van der Waals surface area (Å²) in [6, 6.07) is 12.8. The van der Waals surface area contributed by atoms with Crippen LogP contribution in [0, 0.1) is 6.92 Å². The number of unbranched alkanes of at least 4 members (excludes halogenated alkanes) is 1. The Labute approximate surface area is 195 Å². The van der Waals surface area contributed by atoms with Gasteiger partial charge in [-0.05, 0) is 43.9 Å². The highest BCUT2D eigenvalue weighted by Gasteiger charge is 2.29. The normalized spacial score (nSPS) is 11.8. The maximum atomic E-state index is 13.3. The molecule has 31 heavy (non-hydrogen) atoms. The van der Waals surface area contributed by atoms with Crippen molar-refractivity contribution in [2.75, 3.05) is 6.54 Å².